The molecule has 2 atom stereocenters. The van der Waals surface area contributed by atoms with Gasteiger partial charge in [-0.15, -0.1) is 0 Å². The number of quaternary nitrogens is 1. The fraction of sp³-hybridized carbons (Fsp3) is 0.862. The van der Waals surface area contributed by atoms with Crippen molar-refractivity contribution in [3.8, 4) is 0 Å². The quantitative estimate of drug-likeness (QED) is 0.0195. The highest BCUT2D eigenvalue weighted by Gasteiger charge is 2.22. The van der Waals surface area contributed by atoms with Crippen molar-refractivity contribution in [1.82, 2.24) is 0 Å². The first-order valence-corrected chi connectivity index (χ1v) is 31.6. The number of rotatable bonds is 59. The van der Waals surface area contributed by atoms with Gasteiger partial charge in [0, 0.05) is 12.8 Å². The Morgan fingerprint density at radius 2 is 0.730 bits per heavy atom. The standard InChI is InChI=1S/C65H121NO8/c1-6-8-10-12-14-16-18-19-20-21-22-23-24-25-26-27-28-29-30-31-32-33-34-35-36-37-38-39-40-41-42-43-44-45-46-48-50-52-54-56-63(68)74-61(60-73-65(64(69)70)71-58-57-66(3,4)5)59-72-62(67)55-53-51-49-47-17-15-13-11-9-7-2/h18-19,21-22,24-25,61,65H,6-17,20,23,26-60H2,1-5H3/b19-18-,22-21-,25-24-. The van der Waals surface area contributed by atoms with Crippen molar-refractivity contribution in [2.24, 2.45) is 0 Å². The van der Waals surface area contributed by atoms with Gasteiger partial charge in [-0.1, -0.05) is 275 Å². The largest absolute Gasteiger partial charge is 0.545 e. The maximum Gasteiger partial charge on any atom is 0.306 e. The van der Waals surface area contributed by atoms with Crippen molar-refractivity contribution in [1.29, 1.82) is 0 Å². The van der Waals surface area contributed by atoms with Crippen molar-refractivity contribution < 1.29 is 42.9 Å². The van der Waals surface area contributed by atoms with Gasteiger partial charge in [0.15, 0.2) is 12.4 Å². The number of carbonyl (C=O) groups is 3. The molecule has 0 aliphatic heterocycles. The van der Waals surface area contributed by atoms with E-state index in [1.807, 2.05) is 21.1 Å². The maximum absolute atomic E-state index is 12.8. The van der Waals surface area contributed by atoms with Crippen LogP contribution in [0.4, 0.5) is 0 Å². The molecular formula is C65H121NO8. The van der Waals surface area contributed by atoms with Gasteiger partial charge in [-0.2, -0.15) is 0 Å². The number of esters is 2. The Bertz CT molecular complexity index is 1310. The lowest BCUT2D eigenvalue weighted by Crippen LogP contribution is -2.44. The summed E-state index contributed by atoms with van der Waals surface area (Å²) < 4.78 is 22.7. The van der Waals surface area contributed by atoms with E-state index in [9.17, 15) is 19.5 Å². The number of aliphatic carboxylic acids is 1. The third kappa shape index (κ3) is 57.2. The van der Waals surface area contributed by atoms with Crippen LogP contribution < -0.4 is 5.11 Å². The van der Waals surface area contributed by atoms with Crippen molar-refractivity contribution in [2.45, 2.75) is 315 Å². The summed E-state index contributed by atoms with van der Waals surface area (Å²) in [6.45, 7) is 4.75. The zero-order valence-corrected chi connectivity index (χ0v) is 49.5. The molecule has 0 N–H and O–H groups in total. The van der Waals surface area contributed by atoms with Gasteiger partial charge in [-0.05, 0) is 51.4 Å². The fourth-order valence-electron chi connectivity index (χ4n) is 9.25. The van der Waals surface area contributed by atoms with Crippen LogP contribution in [0, 0.1) is 0 Å². The number of hydrogen-bond donors (Lipinski definition) is 0. The zero-order valence-electron chi connectivity index (χ0n) is 49.5. The number of nitrogens with zero attached hydrogens (tertiary/aromatic N) is 1. The molecule has 9 nitrogen and oxygen atoms in total. The number of carbonyl (C=O) groups excluding carboxylic acids is 3. The second kappa shape index (κ2) is 56.7. The van der Waals surface area contributed by atoms with E-state index in [1.165, 1.54) is 225 Å². The lowest BCUT2D eigenvalue weighted by molar-refractivity contribution is -0.870. The van der Waals surface area contributed by atoms with Crippen LogP contribution in [0.2, 0.25) is 0 Å². The first-order valence-electron chi connectivity index (χ1n) is 31.6. The summed E-state index contributed by atoms with van der Waals surface area (Å²) in [4.78, 5) is 37.1. The summed E-state index contributed by atoms with van der Waals surface area (Å²) in [6, 6.07) is 0. The molecule has 0 fully saturated rings. The number of allylic oxidation sites excluding steroid dienone is 6. The minimum Gasteiger partial charge on any atom is -0.545 e. The van der Waals surface area contributed by atoms with E-state index >= 15 is 0 Å². The van der Waals surface area contributed by atoms with Crippen molar-refractivity contribution in [3.63, 3.8) is 0 Å². The summed E-state index contributed by atoms with van der Waals surface area (Å²) >= 11 is 0. The topological polar surface area (TPSA) is 111 Å². The molecular weight excluding hydrogens is 923 g/mol. The summed E-state index contributed by atoms with van der Waals surface area (Å²) in [5.41, 5.74) is 0. The van der Waals surface area contributed by atoms with Gasteiger partial charge in [0.1, 0.15) is 13.2 Å². The van der Waals surface area contributed by atoms with Crippen LogP contribution in [0.5, 0.6) is 0 Å². The van der Waals surface area contributed by atoms with Crippen LogP contribution in [-0.4, -0.2) is 82.3 Å². The molecule has 0 saturated carbocycles. The Labute approximate surface area is 458 Å². The molecule has 0 aromatic rings. The molecule has 0 saturated heterocycles. The summed E-state index contributed by atoms with van der Waals surface area (Å²) in [5.74, 6) is -2.27. The Morgan fingerprint density at radius 3 is 1.08 bits per heavy atom. The van der Waals surface area contributed by atoms with Gasteiger partial charge in [-0.3, -0.25) is 9.59 Å². The molecule has 0 aromatic carbocycles. The van der Waals surface area contributed by atoms with E-state index in [2.05, 4.69) is 50.3 Å². The summed E-state index contributed by atoms with van der Waals surface area (Å²) in [6.07, 6.45) is 66.7. The molecule has 9 heteroatoms. The second-order valence-corrected chi connectivity index (χ2v) is 22.7. The lowest BCUT2D eigenvalue weighted by Gasteiger charge is -2.26. The van der Waals surface area contributed by atoms with E-state index in [-0.39, 0.29) is 32.2 Å². The highest BCUT2D eigenvalue weighted by atomic mass is 16.7. The molecule has 0 spiro atoms. The predicted octanol–water partition coefficient (Wildman–Crippen LogP) is 17.5. The molecule has 0 aliphatic carbocycles. The molecule has 0 rings (SSSR count). The molecule has 0 bridgehead atoms. The normalized spacial score (nSPS) is 12.9. The van der Waals surface area contributed by atoms with Gasteiger partial charge < -0.3 is 33.3 Å². The smallest absolute Gasteiger partial charge is 0.306 e. The third-order valence-electron chi connectivity index (χ3n) is 14.1. The van der Waals surface area contributed by atoms with Gasteiger partial charge in [0.05, 0.1) is 40.3 Å². The number of likely N-dealkylation sites (N-methyl/N-ethyl adjacent to an activating group) is 1. The molecule has 434 valence electrons. The highest BCUT2D eigenvalue weighted by Crippen LogP contribution is 2.18. The first-order chi connectivity index (χ1) is 36.1. The van der Waals surface area contributed by atoms with Crippen LogP contribution in [-0.2, 0) is 33.3 Å². The van der Waals surface area contributed by atoms with Gasteiger partial charge in [-0.25, -0.2) is 0 Å². The Morgan fingerprint density at radius 1 is 0.405 bits per heavy atom. The van der Waals surface area contributed by atoms with E-state index in [4.69, 9.17) is 18.9 Å². The Balaban J connectivity index is 3.88. The Hall–Kier alpha value is -2.49. The minimum absolute atomic E-state index is 0.151. The average molecular weight is 1040 g/mol. The molecule has 2 unspecified atom stereocenters. The summed E-state index contributed by atoms with van der Waals surface area (Å²) in [5, 5.41) is 11.7. The van der Waals surface area contributed by atoms with E-state index in [1.54, 1.807) is 0 Å². The molecule has 0 radical (unpaired) electrons. The van der Waals surface area contributed by atoms with E-state index in [0.717, 1.165) is 51.4 Å². The Kier molecular flexibility index (Phi) is 54.8. The number of carboxylic acids is 1. The monoisotopic (exact) mass is 1040 g/mol. The lowest BCUT2D eigenvalue weighted by atomic mass is 10.0. The number of unbranched alkanes of at least 4 members (excludes halogenated alkanes) is 38. The van der Waals surface area contributed by atoms with Crippen molar-refractivity contribution >= 4 is 17.9 Å². The van der Waals surface area contributed by atoms with E-state index in [0.29, 0.717) is 17.4 Å². The predicted molar refractivity (Wildman–Crippen MR) is 311 cm³/mol. The summed E-state index contributed by atoms with van der Waals surface area (Å²) in [7, 11) is 5.93. The second-order valence-electron chi connectivity index (χ2n) is 22.7. The highest BCUT2D eigenvalue weighted by molar-refractivity contribution is 5.70. The molecule has 0 aromatic heterocycles. The number of carboxylic acid groups (broad SMARTS) is 1. The van der Waals surface area contributed by atoms with Gasteiger partial charge >= 0.3 is 11.9 Å². The molecule has 74 heavy (non-hydrogen) atoms. The van der Waals surface area contributed by atoms with Crippen LogP contribution in [0.3, 0.4) is 0 Å². The van der Waals surface area contributed by atoms with Crippen molar-refractivity contribution in [3.05, 3.63) is 36.5 Å². The first kappa shape index (κ1) is 71.5. The SMILES string of the molecule is CCCCCCC/C=C\C/C=C\C/C=C\CCCCCCCCCCCCCCCCCCCCCCCCCCC(=O)OC(COC(=O)CCCCCCCCCCCC)COC(OCC[N+](C)(C)C)C(=O)[O-]. The molecule has 0 amide bonds. The van der Waals surface area contributed by atoms with E-state index < -0.39 is 24.3 Å². The van der Waals surface area contributed by atoms with Crippen LogP contribution in [0.25, 0.3) is 0 Å². The van der Waals surface area contributed by atoms with Crippen LogP contribution in [0.1, 0.15) is 303 Å². The van der Waals surface area contributed by atoms with Crippen LogP contribution in [0.15, 0.2) is 36.5 Å². The number of hydrogen-bond acceptors (Lipinski definition) is 8. The van der Waals surface area contributed by atoms with Crippen molar-refractivity contribution in [2.75, 3.05) is 47.5 Å². The van der Waals surface area contributed by atoms with Gasteiger partial charge in [0.25, 0.3) is 0 Å². The molecule has 0 heterocycles. The van der Waals surface area contributed by atoms with Crippen LogP contribution >= 0.6 is 0 Å². The third-order valence-corrected chi connectivity index (χ3v) is 14.1. The average Bonchev–Trinajstić information content (AvgIpc) is 3.37. The number of ether oxygens (including phenoxy) is 4. The maximum atomic E-state index is 12.8. The minimum atomic E-state index is -1.62. The molecule has 0 aliphatic rings. The zero-order chi connectivity index (χ0) is 54.1. The van der Waals surface area contributed by atoms with Gasteiger partial charge in [0.2, 0.25) is 0 Å². The fourth-order valence-corrected chi connectivity index (χ4v) is 9.25.